The molecule has 0 atom stereocenters. The molecule has 2 heterocycles. The van der Waals surface area contributed by atoms with Gasteiger partial charge in [0.15, 0.2) is 0 Å². The Morgan fingerprint density at radius 3 is 2.00 bits per heavy atom. The molecule has 0 saturated heterocycles. The minimum Gasteiger partial charge on any atom is -0.479 e. The molecule has 2 N–H and O–H groups in total. The summed E-state index contributed by atoms with van der Waals surface area (Å²) in [5, 5.41) is 22.9. The molecule has 0 unspecified atom stereocenters. The molecular weight excluding hydrogens is 342 g/mol. The third kappa shape index (κ3) is 5.26. The molecule has 0 aromatic carbocycles. The predicted molar refractivity (Wildman–Crippen MR) is 102 cm³/mol. The standard InChI is InChI=1S/C10H8O3S2.C8H17N/c11-9(12)10(13,7-3-1-5-14-7)8-4-2-6-15-8;1-4-8(5-2)6-7-9-3/h1-6,13H,(H,11,12);8H,3-7H2,1-2H3. The molecule has 0 aliphatic rings. The highest BCUT2D eigenvalue weighted by Gasteiger charge is 2.42. The number of carboxylic acid groups (broad SMARTS) is 1. The van der Waals surface area contributed by atoms with Gasteiger partial charge in [0.05, 0.1) is 9.75 Å². The lowest BCUT2D eigenvalue weighted by atomic mass is 10.00. The van der Waals surface area contributed by atoms with E-state index in [-0.39, 0.29) is 0 Å². The summed E-state index contributed by atoms with van der Waals surface area (Å²) < 4.78 is 0. The van der Waals surface area contributed by atoms with Crippen molar-refractivity contribution in [2.75, 3.05) is 6.54 Å². The molecule has 2 rings (SSSR count). The summed E-state index contributed by atoms with van der Waals surface area (Å²) in [6.07, 6.45) is 3.79. The van der Waals surface area contributed by atoms with Gasteiger partial charge in [0, 0.05) is 6.54 Å². The normalized spacial score (nSPS) is 11.0. The highest BCUT2D eigenvalue weighted by Crippen LogP contribution is 2.35. The second-order valence-electron chi connectivity index (χ2n) is 5.39. The van der Waals surface area contributed by atoms with Gasteiger partial charge in [-0.05, 0) is 41.9 Å². The zero-order chi connectivity index (χ0) is 18.0. The molecule has 2 aromatic rings. The topological polar surface area (TPSA) is 69.9 Å². The molecule has 2 aromatic heterocycles. The number of thiophene rings is 2. The van der Waals surface area contributed by atoms with Gasteiger partial charge in [-0.2, -0.15) is 0 Å². The van der Waals surface area contributed by atoms with Crippen LogP contribution in [0.4, 0.5) is 0 Å². The van der Waals surface area contributed by atoms with E-state index in [2.05, 4.69) is 25.6 Å². The van der Waals surface area contributed by atoms with Gasteiger partial charge in [-0.1, -0.05) is 38.8 Å². The van der Waals surface area contributed by atoms with Crippen LogP contribution in [-0.2, 0) is 10.4 Å². The number of hydrogen-bond donors (Lipinski definition) is 2. The maximum atomic E-state index is 11.2. The van der Waals surface area contributed by atoms with Crippen molar-refractivity contribution in [1.82, 2.24) is 0 Å². The van der Waals surface area contributed by atoms with Gasteiger partial charge in [0.1, 0.15) is 0 Å². The van der Waals surface area contributed by atoms with Crippen LogP contribution in [-0.4, -0.2) is 29.4 Å². The maximum absolute atomic E-state index is 11.2. The van der Waals surface area contributed by atoms with Crippen molar-refractivity contribution < 1.29 is 15.0 Å². The van der Waals surface area contributed by atoms with E-state index in [0.29, 0.717) is 9.75 Å². The molecule has 24 heavy (non-hydrogen) atoms. The molecule has 0 radical (unpaired) electrons. The van der Waals surface area contributed by atoms with E-state index in [1.165, 1.54) is 41.9 Å². The highest BCUT2D eigenvalue weighted by molar-refractivity contribution is 7.12. The van der Waals surface area contributed by atoms with E-state index in [4.69, 9.17) is 5.11 Å². The second kappa shape index (κ2) is 10.4. The van der Waals surface area contributed by atoms with E-state index in [1.807, 2.05) is 0 Å². The number of aliphatic hydroxyl groups is 1. The van der Waals surface area contributed by atoms with Crippen LogP contribution in [0.5, 0.6) is 0 Å². The Morgan fingerprint density at radius 2 is 1.71 bits per heavy atom. The molecule has 6 heteroatoms. The minimum atomic E-state index is -1.90. The van der Waals surface area contributed by atoms with Crippen LogP contribution < -0.4 is 0 Å². The van der Waals surface area contributed by atoms with E-state index in [9.17, 15) is 9.90 Å². The molecular formula is C18H25NO3S2. The first-order chi connectivity index (χ1) is 11.5. The van der Waals surface area contributed by atoms with Crippen LogP contribution in [0, 0.1) is 5.92 Å². The summed E-state index contributed by atoms with van der Waals surface area (Å²) >= 11 is 2.46. The first-order valence-electron chi connectivity index (χ1n) is 7.96. The van der Waals surface area contributed by atoms with Crippen LogP contribution in [0.25, 0.3) is 0 Å². The SMILES string of the molecule is C=NCCC(CC)CC.O=C(O)C(O)(c1cccs1)c1cccs1. The van der Waals surface area contributed by atoms with Crippen LogP contribution >= 0.6 is 22.7 Å². The zero-order valence-corrected chi connectivity index (χ0v) is 15.8. The quantitative estimate of drug-likeness (QED) is 0.668. The molecule has 0 amide bonds. The third-order valence-electron chi connectivity index (χ3n) is 3.92. The molecule has 0 spiro atoms. The van der Waals surface area contributed by atoms with Gasteiger partial charge in [-0.25, -0.2) is 4.79 Å². The summed E-state index contributed by atoms with van der Waals surface area (Å²) in [7, 11) is 0. The molecule has 0 aliphatic heterocycles. The first-order valence-corrected chi connectivity index (χ1v) is 9.72. The molecule has 0 saturated carbocycles. The van der Waals surface area contributed by atoms with Gasteiger partial charge in [0.25, 0.3) is 0 Å². The van der Waals surface area contributed by atoms with Crippen molar-refractivity contribution in [3.05, 3.63) is 44.8 Å². The Labute approximate surface area is 151 Å². The van der Waals surface area contributed by atoms with Gasteiger partial charge in [0.2, 0.25) is 5.60 Å². The first kappa shape index (κ1) is 20.5. The summed E-state index contributed by atoms with van der Waals surface area (Å²) in [5.41, 5.74) is -1.90. The average molecular weight is 368 g/mol. The molecule has 0 fully saturated rings. The summed E-state index contributed by atoms with van der Waals surface area (Å²) in [6, 6.07) is 6.69. The summed E-state index contributed by atoms with van der Waals surface area (Å²) in [5.74, 6) is -0.372. The largest absolute Gasteiger partial charge is 0.479 e. The molecule has 0 bridgehead atoms. The van der Waals surface area contributed by atoms with E-state index < -0.39 is 11.6 Å². The number of carboxylic acids is 1. The number of rotatable bonds is 8. The number of aliphatic carboxylic acids is 1. The summed E-state index contributed by atoms with van der Waals surface area (Å²) in [6.45, 7) is 8.85. The van der Waals surface area contributed by atoms with Crippen molar-refractivity contribution in [2.24, 2.45) is 10.9 Å². The summed E-state index contributed by atoms with van der Waals surface area (Å²) in [4.78, 5) is 15.9. The molecule has 0 aliphatic carbocycles. The third-order valence-corrected chi connectivity index (χ3v) is 5.87. The van der Waals surface area contributed by atoms with E-state index in [0.717, 1.165) is 12.5 Å². The van der Waals surface area contributed by atoms with Gasteiger partial charge in [-0.15, -0.1) is 22.7 Å². The number of nitrogens with zero attached hydrogens (tertiary/aromatic N) is 1. The second-order valence-corrected chi connectivity index (χ2v) is 7.28. The number of carbonyl (C=O) groups is 1. The Hall–Kier alpha value is -1.50. The number of aliphatic imine (C=N–C) groups is 1. The van der Waals surface area contributed by atoms with Crippen LogP contribution in [0.3, 0.4) is 0 Å². The Balaban J connectivity index is 0.000000277. The highest BCUT2D eigenvalue weighted by atomic mass is 32.1. The average Bonchev–Trinajstić information content (AvgIpc) is 3.29. The lowest BCUT2D eigenvalue weighted by Crippen LogP contribution is -2.34. The fourth-order valence-corrected chi connectivity index (χ4v) is 3.99. The van der Waals surface area contributed by atoms with Gasteiger partial charge < -0.3 is 15.2 Å². The minimum absolute atomic E-state index is 0.428. The van der Waals surface area contributed by atoms with Crippen molar-refractivity contribution in [3.63, 3.8) is 0 Å². The molecule has 132 valence electrons. The van der Waals surface area contributed by atoms with E-state index >= 15 is 0 Å². The monoisotopic (exact) mass is 367 g/mol. The van der Waals surface area contributed by atoms with E-state index in [1.54, 1.807) is 35.0 Å². The van der Waals surface area contributed by atoms with Crippen LogP contribution in [0.15, 0.2) is 40.0 Å². The van der Waals surface area contributed by atoms with Gasteiger partial charge >= 0.3 is 5.97 Å². The van der Waals surface area contributed by atoms with Crippen LogP contribution in [0.2, 0.25) is 0 Å². The zero-order valence-electron chi connectivity index (χ0n) is 14.1. The lowest BCUT2D eigenvalue weighted by molar-refractivity contribution is -0.154. The number of hydrogen-bond acceptors (Lipinski definition) is 5. The maximum Gasteiger partial charge on any atom is 0.346 e. The lowest BCUT2D eigenvalue weighted by Gasteiger charge is -2.20. The van der Waals surface area contributed by atoms with Crippen molar-refractivity contribution in [3.8, 4) is 0 Å². The predicted octanol–water partition coefficient (Wildman–Crippen LogP) is 4.64. The Morgan fingerprint density at radius 1 is 1.21 bits per heavy atom. The van der Waals surface area contributed by atoms with Crippen molar-refractivity contribution in [1.29, 1.82) is 0 Å². The fraction of sp³-hybridized carbons (Fsp3) is 0.444. The Kier molecular flexibility index (Phi) is 8.89. The van der Waals surface area contributed by atoms with Crippen LogP contribution in [0.1, 0.15) is 42.9 Å². The van der Waals surface area contributed by atoms with Gasteiger partial charge in [-0.3, -0.25) is 0 Å². The smallest absolute Gasteiger partial charge is 0.346 e. The Bertz CT molecular complexity index is 556. The fourth-order valence-electron chi connectivity index (χ4n) is 2.27. The van der Waals surface area contributed by atoms with Crippen molar-refractivity contribution in [2.45, 2.75) is 38.7 Å². The molecule has 4 nitrogen and oxygen atoms in total. The van der Waals surface area contributed by atoms with Crippen molar-refractivity contribution >= 4 is 35.4 Å².